The number of carbonyl (C=O) groups is 1. The van der Waals surface area contributed by atoms with Gasteiger partial charge >= 0.3 is 0 Å². The number of hydrogen-bond acceptors (Lipinski definition) is 2. The van der Waals surface area contributed by atoms with Gasteiger partial charge in [-0.25, -0.2) is 4.39 Å². The largest absolute Gasteiger partial charge is 0.481 e. The molecule has 0 bridgehead atoms. The molecule has 98 valence electrons. The average molecular weight is 279 g/mol. The number of Topliss-reactive ketones (excluding diaryl/α,β-unsaturated/α-hetero) is 1. The number of halogens is 2. The third-order valence-corrected chi connectivity index (χ3v) is 2.95. The van der Waals surface area contributed by atoms with Crippen LogP contribution >= 0.6 is 11.6 Å². The Bertz CT molecular complexity index is 581. The second kappa shape index (κ2) is 5.85. The van der Waals surface area contributed by atoms with E-state index in [9.17, 15) is 9.18 Å². The van der Waals surface area contributed by atoms with E-state index in [2.05, 4.69) is 0 Å². The van der Waals surface area contributed by atoms with E-state index >= 15 is 0 Å². The monoisotopic (exact) mass is 278 g/mol. The Hall–Kier alpha value is -1.87. The van der Waals surface area contributed by atoms with Gasteiger partial charge in [0.25, 0.3) is 0 Å². The fourth-order valence-electron chi connectivity index (χ4n) is 1.63. The minimum Gasteiger partial charge on any atom is -0.481 e. The summed E-state index contributed by atoms with van der Waals surface area (Å²) in [5.41, 5.74) is 0.404. The van der Waals surface area contributed by atoms with E-state index < -0.39 is 6.10 Å². The average Bonchev–Trinajstić information content (AvgIpc) is 2.41. The molecule has 2 rings (SSSR count). The summed E-state index contributed by atoms with van der Waals surface area (Å²) in [5, 5.41) is 0.446. The molecule has 0 heterocycles. The van der Waals surface area contributed by atoms with Gasteiger partial charge in [0.2, 0.25) is 5.78 Å². The smallest absolute Gasteiger partial charge is 0.202 e. The van der Waals surface area contributed by atoms with E-state index in [0.717, 1.165) is 0 Å². The quantitative estimate of drug-likeness (QED) is 0.786. The minimum absolute atomic E-state index is 0.222. The third kappa shape index (κ3) is 3.32. The lowest BCUT2D eigenvalue weighted by Gasteiger charge is -2.14. The molecule has 0 spiro atoms. The number of rotatable bonds is 4. The number of carbonyl (C=O) groups excluding carboxylic acids is 1. The molecule has 19 heavy (non-hydrogen) atoms. The molecule has 2 aromatic rings. The van der Waals surface area contributed by atoms with Crippen molar-refractivity contribution in [3.05, 3.63) is 64.9 Å². The van der Waals surface area contributed by atoms with Gasteiger partial charge < -0.3 is 4.74 Å². The Kier molecular flexibility index (Phi) is 4.17. The van der Waals surface area contributed by atoms with Crippen LogP contribution in [0.3, 0.4) is 0 Å². The normalized spacial score (nSPS) is 11.9. The third-order valence-electron chi connectivity index (χ3n) is 2.64. The van der Waals surface area contributed by atoms with Crippen LogP contribution in [0.2, 0.25) is 5.02 Å². The lowest BCUT2D eigenvalue weighted by atomic mass is 10.1. The number of ketones is 1. The van der Waals surface area contributed by atoms with Crippen LogP contribution in [-0.4, -0.2) is 11.9 Å². The van der Waals surface area contributed by atoms with Gasteiger partial charge in [-0.3, -0.25) is 4.79 Å². The Morgan fingerprint density at radius 1 is 1.16 bits per heavy atom. The highest BCUT2D eigenvalue weighted by Crippen LogP contribution is 2.24. The molecule has 0 amide bonds. The van der Waals surface area contributed by atoms with Crippen molar-refractivity contribution in [1.29, 1.82) is 0 Å². The van der Waals surface area contributed by atoms with Crippen molar-refractivity contribution in [2.24, 2.45) is 0 Å². The molecule has 0 aliphatic carbocycles. The standard InChI is InChI=1S/C15H12ClFO2/c1-10(19-14-5-3-2-4-13(14)16)15(18)11-6-8-12(17)9-7-11/h2-10H,1H3/t10-/m1/s1. The number of hydrogen-bond donors (Lipinski definition) is 0. The lowest BCUT2D eigenvalue weighted by molar-refractivity contribution is 0.0818. The van der Waals surface area contributed by atoms with Crippen molar-refractivity contribution < 1.29 is 13.9 Å². The predicted molar refractivity (Wildman–Crippen MR) is 72.3 cm³/mol. The molecule has 0 radical (unpaired) electrons. The molecule has 2 nitrogen and oxygen atoms in total. The fourth-order valence-corrected chi connectivity index (χ4v) is 1.81. The van der Waals surface area contributed by atoms with Crippen molar-refractivity contribution >= 4 is 17.4 Å². The number of benzene rings is 2. The molecule has 0 unspecified atom stereocenters. The summed E-state index contributed by atoms with van der Waals surface area (Å²) in [7, 11) is 0. The summed E-state index contributed by atoms with van der Waals surface area (Å²) in [5.74, 6) is -0.150. The second-order valence-corrected chi connectivity index (χ2v) is 4.47. The molecule has 0 saturated heterocycles. The summed E-state index contributed by atoms with van der Waals surface area (Å²) in [6.45, 7) is 1.63. The van der Waals surface area contributed by atoms with Crippen LogP contribution in [0.25, 0.3) is 0 Å². The van der Waals surface area contributed by atoms with E-state index in [1.54, 1.807) is 31.2 Å². The summed E-state index contributed by atoms with van der Waals surface area (Å²) in [6, 6.07) is 12.3. The first kappa shape index (κ1) is 13.6. The summed E-state index contributed by atoms with van der Waals surface area (Å²) < 4.78 is 18.3. The molecule has 2 aromatic carbocycles. The summed E-state index contributed by atoms with van der Waals surface area (Å²) in [4.78, 5) is 12.1. The van der Waals surface area contributed by atoms with E-state index in [-0.39, 0.29) is 11.6 Å². The first-order valence-corrected chi connectivity index (χ1v) is 6.16. The Labute approximate surface area is 115 Å². The SMILES string of the molecule is C[C@@H](Oc1ccccc1Cl)C(=O)c1ccc(F)cc1. The van der Waals surface area contributed by atoms with Crippen molar-refractivity contribution in [2.45, 2.75) is 13.0 Å². The van der Waals surface area contributed by atoms with E-state index in [4.69, 9.17) is 16.3 Å². The van der Waals surface area contributed by atoms with E-state index in [1.807, 2.05) is 0 Å². The van der Waals surface area contributed by atoms with Crippen molar-refractivity contribution in [3.8, 4) is 5.75 Å². The molecule has 0 saturated carbocycles. The van der Waals surface area contributed by atoms with Gasteiger partial charge in [-0.05, 0) is 43.3 Å². The van der Waals surface area contributed by atoms with Gasteiger partial charge in [0.05, 0.1) is 5.02 Å². The molecular weight excluding hydrogens is 267 g/mol. The maximum atomic E-state index is 12.8. The van der Waals surface area contributed by atoms with Crippen LogP contribution in [-0.2, 0) is 0 Å². The van der Waals surface area contributed by atoms with E-state index in [1.165, 1.54) is 24.3 Å². The topological polar surface area (TPSA) is 26.3 Å². The maximum Gasteiger partial charge on any atom is 0.202 e. The first-order valence-electron chi connectivity index (χ1n) is 5.79. The predicted octanol–water partition coefficient (Wildman–Crippen LogP) is 4.13. The highest BCUT2D eigenvalue weighted by Gasteiger charge is 2.17. The zero-order chi connectivity index (χ0) is 13.8. The highest BCUT2D eigenvalue weighted by atomic mass is 35.5. The van der Waals surface area contributed by atoms with Crippen LogP contribution in [0, 0.1) is 5.82 Å². The Balaban J connectivity index is 2.12. The summed E-state index contributed by atoms with van der Waals surface area (Å²) in [6.07, 6.45) is -0.689. The van der Waals surface area contributed by atoms with Gasteiger partial charge in [0.15, 0.2) is 6.10 Å². The molecule has 0 aliphatic heterocycles. The van der Waals surface area contributed by atoms with Gasteiger partial charge in [-0.1, -0.05) is 23.7 Å². The minimum atomic E-state index is -0.689. The number of ether oxygens (including phenoxy) is 1. The van der Waals surface area contributed by atoms with Gasteiger partial charge in [-0.2, -0.15) is 0 Å². The fraction of sp³-hybridized carbons (Fsp3) is 0.133. The van der Waals surface area contributed by atoms with Crippen LogP contribution < -0.4 is 4.74 Å². The van der Waals surface area contributed by atoms with Crippen LogP contribution in [0.5, 0.6) is 5.75 Å². The molecule has 0 aliphatic rings. The van der Waals surface area contributed by atoms with Gasteiger partial charge in [0, 0.05) is 5.56 Å². The maximum absolute atomic E-state index is 12.8. The van der Waals surface area contributed by atoms with Crippen LogP contribution in [0.1, 0.15) is 17.3 Å². The Morgan fingerprint density at radius 3 is 2.42 bits per heavy atom. The molecule has 4 heteroatoms. The molecule has 0 aromatic heterocycles. The van der Waals surface area contributed by atoms with Gasteiger partial charge in [-0.15, -0.1) is 0 Å². The van der Waals surface area contributed by atoms with Gasteiger partial charge in [0.1, 0.15) is 11.6 Å². The molecular formula is C15H12ClFO2. The number of para-hydroxylation sites is 1. The van der Waals surface area contributed by atoms with Crippen LogP contribution in [0.4, 0.5) is 4.39 Å². The lowest BCUT2D eigenvalue weighted by Crippen LogP contribution is -2.24. The van der Waals surface area contributed by atoms with Crippen molar-refractivity contribution in [3.63, 3.8) is 0 Å². The molecule has 1 atom stereocenters. The molecule has 0 N–H and O–H groups in total. The zero-order valence-corrected chi connectivity index (χ0v) is 11.0. The Morgan fingerprint density at radius 2 is 1.79 bits per heavy atom. The first-order chi connectivity index (χ1) is 9.08. The van der Waals surface area contributed by atoms with Crippen molar-refractivity contribution in [1.82, 2.24) is 0 Å². The van der Waals surface area contributed by atoms with Crippen molar-refractivity contribution in [2.75, 3.05) is 0 Å². The second-order valence-electron chi connectivity index (χ2n) is 4.06. The zero-order valence-electron chi connectivity index (χ0n) is 10.3. The van der Waals surface area contributed by atoms with Crippen LogP contribution in [0.15, 0.2) is 48.5 Å². The summed E-state index contributed by atoms with van der Waals surface area (Å²) >= 11 is 5.95. The highest BCUT2D eigenvalue weighted by molar-refractivity contribution is 6.32. The molecule has 0 fully saturated rings. The van der Waals surface area contributed by atoms with E-state index in [0.29, 0.717) is 16.3 Å².